The standard InChI is InChI=1S/C21H25N5O/c1-15-8-10-16(11-9-15)24-21(27)23-14-12-19-25-18-7-4-13-22-20(18)26(19)17-5-2-3-6-17/h4,7-11,13,17H,2-3,5-6,12,14H2,1H3,(H2,23,24,27). The van der Waals surface area contributed by atoms with Gasteiger partial charge in [-0.05, 0) is 44.0 Å². The number of nitrogens with one attached hydrogen (secondary N) is 2. The quantitative estimate of drug-likeness (QED) is 0.713. The molecule has 2 N–H and O–H groups in total. The van der Waals surface area contributed by atoms with E-state index in [9.17, 15) is 4.79 Å². The lowest BCUT2D eigenvalue weighted by Gasteiger charge is -2.16. The molecule has 1 aromatic carbocycles. The van der Waals surface area contributed by atoms with Crippen molar-refractivity contribution in [3.63, 3.8) is 0 Å². The molecule has 0 atom stereocenters. The zero-order chi connectivity index (χ0) is 18.6. The first-order valence-electron chi connectivity index (χ1n) is 9.64. The van der Waals surface area contributed by atoms with E-state index >= 15 is 0 Å². The molecule has 1 fully saturated rings. The van der Waals surface area contributed by atoms with E-state index < -0.39 is 0 Å². The minimum absolute atomic E-state index is 0.194. The Bertz CT molecular complexity index is 925. The highest BCUT2D eigenvalue weighted by molar-refractivity contribution is 5.89. The molecule has 27 heavy (non-hydrogen) atoms. The number of aryl methyl sites for hydroxylation is 1. The molecule has 3 aromatic rings. The third-order valence-corrected chi connectivity index (χ3v) is 5.16. The summed E-state index contributed by atoms with van der Waals surface area (Å²) in [6.45, 7) is 2.56. The summed E-state index contributed by atoms with van der Waals surface area (Å²) < 4.78 is 2.29. The van der Waals surface area contributed by atoms with Crippen LogP contribution in [0.1, 0.15) is 43.1 Å². The molecule has 1 saturated carbocycles. The third-order valence-electron chi connectivity index (χ3n) is 5.16. The molecule has 2 heterocycles. The van der Waals surface area contributed by atoms with Crippen molar-refractivity contribution >= 4 is 22.9 Å². The molecule has 0 saturated heterocycles. The molecule has 1 aliphatic carbocycles. The topological polar surface area (TPSA) is 71.8 Å². The Hall–Kier alpha value is -2.89. The van der Waals surface area contributed by atoms with E-state index in [-0.39, 0.29) is 6.03 Å². The number of imidazole rings is 1. The van der Waals surface area contributed by atoms with Crippen molar-refractivity contribution in [2.75, 3.05) is 11.9 Å². The van der Waals surface area contributed by atoms with Crippen LogP contribution in [0.3, 0.4) is 0 Å². The molecule has 4 rings (SSSR count). The van der Waals surface area contributed by atoms with E-state index in [0.717, 1.165) is 22.7 Å². The summed E-state index contributed by atoms with van der Waals surface area (Å²) in [5.41, 5.74) is 3.85. The number of hydrogen-bond acceptors (Lipinski definition) is 3. The maximum atomic E-state index is 12.1. The van der Waals surface area contributed by atoms with Crippen LogP contribution < -0.4 is 10.6 Å². The number of rotatable bonds is 5. The van der Waals surface area contributed by atoms with E-state index in [2.05, 4.69) is 20.2 Å². The number of carbonyl (C=O) groups excluding carboxylic acids is 1. The van der Waals surface area contributed by atoms with Crippen LogP contribution in [0.15, 0.2) is 42.6 Å². The Balaban J connectivity index is 1.42. The summed E-state index contributed by atoms with van der Waals surface area (Å²) in [7, 11) is 0. The highest BCUT2D eigenvalue weighted by Crippen LogP contribution is 2.33. The van der Waals surface area contributed by atoms with E-state index in [0.29, 0.717) is 19.0 Å². The Morgan fingerprint density at radius 1 is 1.19 bits per heavy atom. The average molecular weight is 363 g/mol. The van der Waals surface area contributed by atoms with Crippen LogP contribution in [-0.4, -0.2) is 27.1 Å². The van der Waals surface area contributed by atoms with Crippen LogP contribution in [0.5, 0.6) is 0 Å². The van der Waals surface area contributed by atoms with Gasteiger partial charge in [-0.2, -0.15) is 0 Å². The van der Waals surface area contributed by atoms with Crippen molar-refractivity contribution in [3.05, 3.63) is 54.0 Å². The van der Waals surface area contributed by atoms with E-state index in [1.165, 1.54) is 31.2 Å². The van der Waals surface area contributed by atoms with Crippen molar-refractivity contribution in [2.45, 2.75) is 45.1 Å². The Kier molecular flexibility index (Phi) is 5.05. The maximum absolute atomic E-state index is 12.1. The van der Waals surface area contributed by atoms with Gasteiger partial charge in [-0.1, -0.05) is 30.5 Å². The van der Waals surface area contributed by atoms with Crippen LogP contribution in [0.4, 0.5) is 10.5 Å². The smallest absolute Gasteiger partial charge is 0.319 e. The Labute approximate surface area is 159 Å². The summed E-state index contributed by atoms with van der Waals surface area (Å²) in [5.74, 6) is 1.01. The second-order valence-corrected chi connectivity index (χ2v) is 7.18. The first-order chi connectivity index (χ1) is 13.2. The molecule has 0 radical (unpaired) electrons. The highest BCUT2D eigenvalue weighted by Gasteiger charge is 2.23. The minimum Gasteiger partial charge on any atom is -0.337 e. The molecule has 140 valence electrons. The number of pyridine rings is 1. The number of benzene rings is 1. The number of anilines is 1. The fourth-order valence-electron chi connectivity index (χ4n) is 3.80. The second-order valence-electron chi connectivity index (χ2n) is 7.18. The molecule has 2 amide bonds. The largest absolute Gasteiger partial charge is 0.337 e. The zero-order valence-electron chi connectivity index (χ0n) is 15.6. The third kappa shape index (κ3) is 3.94. The fraction of sp³-hybridized carbons (Fsp3) is 0.381. The number of urea groups is 1. The van der Waals surface area contributed by atoms with Crippen LogP contribution in [0.2, 0.25) is 0 Å². The van der Waals surface area contributed by atoms with Gasteiger partial charge in [0, 0.05) is 30.9 Å². The van der Waals surface area contributed by atoms with Crippen LogP contribution in [0.25, 0.3) is 11.2 Å². The number of fused-ring (bicyclic) bond motifs is 1. The lowest BCUT2D eigenvalue weighted by atomic mass is 10.2. The van der Waals surface area contributed by atoms with Crippen LogP contribution >= 0.6 is 0 Å². The second kappa shape index (κ2) is 7.78. The van der Waals surface area contributed by atoms with Gasteiger partial charge < -0.3 is 15.2 Å². The number of nitrogens with zero attached hydrogens (tertiary/aromatic N) is 3. The number of amides is 2. The predicted octanol–water partition coefficient (Wildman–Crippen LogP) is 4.22. The molecule has 0 unspecified atom stereocenters. The van der Waals surface area contributed by atoms with Gasteiger partial charge in [0.05, 0.1) is 0 Å². The fourth-order valence-corrected chi connectivity index (χ4v) is 3.80. The molecule has 6 nitrogen and oxygen atoms in total. The minimum atomic E-state index is -0.194. The Morgan fingerprint density at radius 3 is 2.74 bits per heavy atom. The van der Waals surface area contributed by atoms with Crippen LogP contribution in [-0.2, 0) is 6.42 Å². The molecular formula is C21H25N5O. The lowest BCUT2D eigenvalue weighted by molar-refractivity contribution is 0.252. The van der Waals surface area contributed by atoms with Gasteiger partial charge in [-0.3, -0.25) is 0 Å². The molecule has 0 aliphatic heterocycles. The van der Waals surface area contributed by atoms with Gasteiger partial charge in [0.2, 0.25) is 0 Å². The van der Waals surface area contributed by atoms with E-state index in [1.54, 1.807) is 0 Å². The molecule has 0 bridgehead atoms. The van der Waals surface area contributed by atoms with Gasteiger partial charge in [-0.25, -0.2) is 14.8 Å². The number of hydrogen-bond donors (Lipinski definition) is 2. The van der Waals surface area contributed by atoms with E-state index in [4.69, 9.17) is 4.98 Å². The molecule has 1 aliphatic rings. The summed E-state index contributed by atoms with van der Waals surface area (Å²) in [5, 5.41) is 5.79. The van der Waals surface area contributed by atoms with Gasteiger partial charge in [0.15, 0.2) is 5.65 Å². The lowest BCUT2D eigenvalue weighted by Crippen LogP contribution is -2.31. The van der Waals surface area contributed by atoms with Crippen molar-refractivity contribution < 1.29 is 4.79 Å². The molecule has 2 aromatic heterocycles. The van der Waals surface area contributed by atoms with Gasteiger partial charge in [-0.15, -0.1) is 0 Å². The van der Waals surface area contributed by atoms with Crippen molar-refractivity contribution in [2.24, 2.45) is 0 Å². The monoisotopic (exact) mass is 363 g/mol. The van der Waals surface area contributed by atoms with Crippen molar-refractivity contribution in [1.29, 1.82) is 0 Å². The van der Waals surface area contributed by atoms with Crippen molar-refractivity contribution in [3.8, 4) is 0 Å². The van der Waals surface area contributed by atoms with Gasteiger partial charge >= 0.3 is 6.03 Å². The molecule has 0 spiro atoms. The first kappa shape index (κ1) is 17.5. The average Bonchev–Trinajstić information content (AvgIpc) is 3.30. The van der Waals surface area contributed by atoms with Gasteiger partial charge in [0.25, 0.3) is 0 Å². The normalized spacial score (nSPS) is 14.6. The summed E-state index contributed by atoms with van der Waals surface area (Å²) in [4.78, 5) is 21.5. The van der Waals surface area contributed by atoms with Crippen molar-refractivity contribution in [1.82, 2.24) is 19.9 Å². The molecule has 6 heteroatoms. The first-order valence-corrected chi connectivity index (χ1v) is 9.64. The zero-order valence-corrected chi connectivity index (χ0v) is 15.6. The maximum Gasteiger partial charge on any atom is 0.319 e. The number of carbonyl (C=O) groups is 1. The summed E-state index contributed by atoms with van der Waals surface area (Å²) in [6, 6.07) is 12.0. The van der Waals surface area contributed by atoms with Crippen LogP contribution in [0, 0.1) is 6.92 Å². The summed E-state index contributed by atoms with van der Waals surface area (Å²) in [6.07, 6.45) is 7.38. The molecular weight excluding hydrogens is 338 g/mol. The predicted molar refractivity (Wildman–Crippen MR) is 107 cm³/mol. The Morgan fingerprint density at radius 2 is 1.96 bits per heavy atom. The number of aromatic nitrogens is 3. The SMILES string of the molecule is Cc1ccc(NC(=O)NCCc2nc3cccnc3n2C2CCCC2)cc1. The highest BCUT2D eigenvalue weighted by atomic mass is 16.2. The van der Waals surface area contributed by atoms with E-state index in [1.807, 2.05) is 49.5 Å². The van der Waals surface area contributed by atoms with Gasteiger partial charge in [0.1, 0.15) is 11.3 Å². The summed E-state index contributed by atoms with van der Waals surface area (Å²) >= 11 is 0.